The summed E-state index contributed by atoms with van der Waals surface area (Å²) in [5.74, 6) is -1.01. The number of carboxylic acids is 1. The van der Waals surface area contributed by atoms with Crippen LogP contribution in [0, 0.1) is 0 Å². The molecule has 2 aromatic rings. The lowest BCUT2D eigenvalue weighted by atomic mass is 9.93. The lowest BCUT2D eigenvalue weighted by Crippen LogP contribution is -2.32. The highest BCUT2D eigenvalue weighted by atomic mass is 79.9. The molecule has 0 radical (unpaired) electrons. The predicted octanol–water partition coefficient (Wildman–Crippen LogP) is 3.33. The third-order valence-corrected chi connectivity index (χ3v) is 5.81. The second-order valence-electron chi connectivity index (χ2n) is 6.28. The van der Waals surface area contributed by atoms with Crippen LogP contribution in [0.1, 0.15) is 30.9 Å². The molecule has 4 N–H and O–H groups in total. The maximum absolute atomic E-state index is 12.7. The largest absolute Gasteiger partial charge is 0.480 e. The standard InChI is InChI=1S/C18H21BrN2O4S/c1-11(2)16-8-7-15(9-12(16)10-17(20)18(22)23)26(24,25)21-14-5-3-13(19)4-6-14/h3-9,11,17,21H,10,20H2,1-2H3,(H,22,23)/t17-/m0/s1. The lowest BCUT2D eigenvalue weighted by molar-refractivity contribution is -0.138. The van der Waals surface area contributed by atoms with E-state index < -0.39 is 22.0 Å². The molecule has 0 aliphatic rings. The quantitative estimate of drug-likeness (QED) is 0.611. The Bertz CT molecular complexity index is 896. The minimum absolute atomic E-state index is 0.0600. The van der Waals surface area contributed by atoms with E-state index in [9.17, 15) is 13.2 Å². The Kier molecular flexibility index (Phi) is 6.44. The molecule has 2 aromatic carbocycles. The van der Waals surface area contributed by atoms with Crippen LogP contribution in [0.4, 0.5) is 5.69 Å². The molecule has 26 heavy (non-hydrogen) atoms. The number of carbonyl (C=O) groups is 1. The van der Waals surface area contributed by atoms with E-state index in [0.717, 1.165) is 10.0 Å². The van der Waals surface area contributed by atoms with Crippen LogP contribution >= 0.6 is 15.9 Å². The Morgan fingerprint density at radius 3 is 2.35 bits per heavy atom. The van der Waals surface area contributed by atoms with Crippen LogP contribution in [-0.4, -0.2) is 25.5 Å². The van der Waals surface area contributed by atoms with Gasteiger partial charge in [-0.25, -0.2) is 8.42 Å². The maximum atomic E-state index is 12.7. The predicted molar refractivity (Wildman–Crippen MR) is 105 cm³/mol. The van der Waals surface area contributed by atoms with Crippen molar-refractivity contribution in [2.45, 2.75) is 37.1 Å². The molecule has 0 heterocycles. The molecule has 0 spiro atoms. The van der Waals surface area contributed by atoms with Gasteiger partial charge in [0.2, 0.25) is 0 Å². The maximum Gasteiger partial charge on any atom is 0.320 e. The molecule has 0 saturated heterocycles. The van der Waals surface area contributed by atoms with E-state index in [0.29, 0.717) is 11.3 Å². The van der Waals surface area contributed by atoms with Gasteiger partial charge in [-0.2, -0.15) is 0 Å². The average Bonchev–Trinajstić information content (AvgIpc) is 2.56. The van der Waals surface area contributed by atoms with Gasteiger partial charge in [0.15, 0.2) is 0 Å². The monoisotopic (exact) mass is 440 g/mol. The van der Waals surface area contributed by atoms with E-state index in [4.69, 9.17) is 10.8 Å². The first-order chi connectivity index (χ1) is 12.1. The van der Waals surface area contributed by atoms with E-state index in [1.54, 1.807) is 30.3 Å². The summed E-state index contributed by atoms with van der Waals surface area (Å²) in [7, 11) is -3.80. The lowest BCUT2D eigenvalue weighted by Gasteiger charge is -2.17. The van der Waals surface area contributed by atoms with E-state index in [-0.39, 0.29) is 17.2 Å². The molecule has 140 valence electrons. The fourth-order valence-corrected chi connectivity index (χ4v) is 3.92. The van der Waals surface area contributed by atoms with Crippen LogP contribution in [0.15, 0.2) is 51.8 Å². The second kappa shape index (κ2) is 8.20. The first-order valence-electron chi connectivity index (χ1n) is 7.99. The molecule has 6 nitrogen and oxygen atoms in total. The third-order valence-electron chi connectivity index (χ3n) is 3.90. The fraction of sp³-hybridized carbons (Fsp3) is 0.278. The molecule has 0 bridgehead atoms. The number of nitrogens with two attached hydrogens (primary N) is 1. The van der Waals surface area contributed by atoms with Crippen molar-refractivity contribution in [2.75, 3.05) is 4.72 Å². The number of aliphatic carboxylic acids is 1. The Labute approximate surface area is 161 Å². The van der Waals surface area contributed by atoms with Gasteiger partial charge in [-0.05, 0) is 59.9 Å². The topological polar surface area (TPSA) is 109 Å². The van der Waals surface area contributed by atoms with Crippen LogP contribution in [0.25, 0.3) is 0 Å². The van der Waals surface area contributed by atoms with Crippen molar-refractivity contribution in [3.63, 3.8) is 0 Å². The summed E-state index contributed by atoms with van der Waals surface area (Å²) < 4.78 is 28.7. The van der Waals surface area contributed by atoms with Gasteiger partial charge in [0, 0.05) is 10.2 Å². The van der Waals surface area contributed by atoms with Gasteiger partial charge < -0.3 is 10.8 Å². The average molecular weight is 441 g/mol. The molecule has 0 unspecified atom stereocenters. The second-order valence-corrected chi connectivity index (χ2v) is 8.87. The number of benzene rings is 2. The van der Waals surface area contributed by atoms with Gasteiger partial charge in [0.1, 0.15) is 6.04 Å². The Balaban J connectivity index is 2.38. The number of hydrogen-bond acceptors (Lipinski definition) is 4. The van der Waals surface area contributed by atoms with E-state index in [1.165, 1.54) is 12.1 Å². The minimum atomic E-state index is -3.80. The van der Waals surface area contributed by atoms with Gasteiger partial charge in [0.25, 0.3) is 10.0 Å². The first kappa shape index (κ1) is 20.4. The van der Waals surface area contributed by atoms with Gasteiger partial charge in [-0.3, -0.25) is 9.52 Å². The minimum Gasteiger partial charge on any atom is -0.480 e. The van der Waals surface area contributed by atoms with Crippen LogP contribution in [0.5, 0.6) is 0 Å². The summed E-state index contributed by atoms with van der Waals surface area (Å²) in [4.78, 5) is 11.1. The van der Waals surface area contributed by atoms with Gasteiger partial charge in [-0.15, -0.1) is 0 Å². The van der Waals surface area contributed by atoms with E-state index in [1.807, 2.05) is 13.8 Å². The number of rotatable bonds is 7. The molecule has 0 fully saturated rings. The van der Waals surface area contributed by atoms with Gasteiger partial charge in [0.05, 0.1) is 4.90 Å². The molecular formula is C18H21BrN2O4S. The highest BCUT2D eigenvalue weighted by Gasteiger charge is 2.20. The smallest absolute Gasteiger partial charge is 0.320 e. The van der Waals surface area contributed by atoms with E-state index >= 15 is 0 Å². The van der Waals surface area contributed by atoms with Gasteiger partial charge >= 0.3 is 5.97 Å². The number of hydrogen-bond donors (Lipinski definition) is 3. The zero-order chi connectivity index (χ0) is 19.5. The van der Waals surface area contributed by atoms with Crippen molar-refractivity contribution in [2.24, 2.45) is 5.73 Å². The zero-order valence-electron chi connectivity index (χ0n) is 14.4. The Morgan fingerprint density at radius 2 is 1.81 bits per heavy atom. The number of sulfonamides is 1. The molecule has 0 amide bonds. The van der Waals surface area contributed by atoms with Crippen LogP contribution in [-0.2, 0) is 21.2 Å². The van der Waals surface area contributed by atoms with Crippen LogP contribution in [0.2, 0.25) is 0 Å². The van der Waals surface area contributed by atoms with Crippen molar-refractivity contribution in [1.29, 1.82) is 0 Å². The number of nitrogens with one attached hydrogen (secondary N) is 1. The SMILES string of the molecule is CC(C)c1ccc(S(=O)(=O)Nc2ccc(Br)cc2)cc1C[C@H](N)C(=O)O. The van der Waals surface area contributed by atoms with Gasteiger partial charge in [-0.1, -0.05) is 35.8 Å². The van der Waals surface area contributed by atoms with Crippen molar-refractivity contribution in [3.8, 4) is 0 Å². The zero-order valence-corrected chi connectivity index (χ0v) is 16.8. The summed E-state index contributed by atoms with van der Waals surface area (Å²) in [5.41, 5.74) is 7.58. The summed E-state index contributed by atoms with van der Waals surface area (Å²) in [5, 5.41) is 9.06. The molecule has 0 aliphatic carbocycles. The van der Waals surface area contributed by atoms with Crippen LogP contribution < -0.4 is 10.5 Å². The Hall–Kier alpha value is -1.90. The van der Waals surface area contributed by atoms with Crippen molar-refractivity contribution in [3.05, 3.63) is 58.1 Å². The number of carboxylic acid groups (broad SMARTS) is 1. The molecule has 1 atom stereocenters. The Morgan fingerprint density at radius 1 is 1.19 bits per heavy atom. The van der Waals surface area contributed by atoms with Crippen molar-refractivity contribution < 1.29 is 18.3 Å². The normalized spacial score (nSPS) is 12.8. The summed E-state index contributed by atoms with van der Waals surface area (Å²) in [6.07, 6.45) is 0.0600. The molecule has 0 aromatic heterocycles. The summed E-state index contributed by atoms with van der Waals surface area (Å²) in [6.45, 7) is 3.92. The van der Waals surface area contributed by atoms with Crippen LogP contribution in [0.3, 0.4) is 0 Å². The third kappa shape index (κ3) is 5.06. The molecule has 8 heteroatoms. The molecule has 0 saturated carbocycles. The summed E-state index contributed by atoms with van der Waals surface area (Å²) >= 11 is 3.30. The molecule has 2 rings (SSSR count). The van der Waals surface area contributed by atoms with Crippen molar-refractivity contribution in [1.82, 2.24) is 0 Å². The fourth-order valence-electron chi connectivity index (χ4n) is 2.55. The summed E-state index contributed by atoms with van der Waals surface area (Å²) in [6, 6.07) is 10.4. The first-order valence-corrected chi connectivity index (χ1v) is 10.3. The highest BCUT2D eigenvalue weighted by Crippen LogP contribution is 2.25. The number of anilines is 1. The molecule has 0 aliphatic heterocycles. The van der Waals surface area contributed by atoms with E-state index in [2.05, 4.69) is 20.7 Å². The number of halogens is 1. The highest BCUT2D eigenvalue weighted by molar-refractivity contribution is 9.10. The van der Waals surface area contributed by atoms with Crippen molar-refractivity contribution >= 4 is 37.6 Å². The molecular weight excluding hydrogens is 420 g/mol.